The lowest BCUT2D eigenvalue weighted by molar-refractivity contribution is -0.153. The van der Waals surface area contributed by atoms with Crippen molar-refractivity contribution in [3.8, 4) is 0 Å². The largest absolute Gasteiger partial charge is 0.462 e. The molecule has 0 aromatic heterocycles. The van der Waals surface area contributed by atoms with Crippen LogP contribution >= 0.6 is 24.8 Å². The average molecular weight is 799 g/mol. The van der Waals surface area contributed by atoms with Crippen molar-refractivity contribution in [1.29, 1.82) is 0 Å². The summed E-state index contributed by atoms with van der Waals surface area (Å²) in [5.41, 5.74) is 14.3. The summed E-state index contributed by atoms with van der Waals surface area (Å²) in [4.78, 5) is 28.7. The molecule has 54 heavy (non-hydrogen) atoms. The second-order valence-corrected chi connectivity index (χ2v) is 20.8. The zero-order chi connectivity index (χ0) is 38.3. The number of amides is 1. The molecule has 1 amide bonds. The molecule has 6 nitrogen and oxygen atoms in total. The molecule has 0 spiro atoms. The number of allylic oxidation sites excluding steroid dienone is 1. The summed E-state index contributed by atoms with van der Waals surface area (Å²) < 4.78 is 6.22. The molecule has 4 aliphatic carbocycles. The van der Waals surface area contributed by atoms with E-state index in [0.717, 1.165) is 88.0 Å². The van der Waals surface area contributed by atoms with Gasteiger partial charge < -0.3 is 21.1 Å². The summed E-state index contributed by atoms with van der Waals surface area (Å²) in [7, 11) is 0. The van der Waals surface area contributed by atoms with E-state index in [0.29, 0.717) is 23.8 Å². The number of rotatable bonds is 20. The fourth-order valence-electron chi connectivity index (χ4n) is 11.2. The molecule has 8 atom stereocenters. The third kappa shape index (κ3) is 13.9. The maximum Gasteiger partial charge on any atom is 0.306 e. The van der Waals surface area contributed by atoms with Crippen molar-refractivity contribution in [1.82, 2.24) is 4.90 Å². The number of nitrogens with zero attached hydrogens (tertiary/aromatic N) is 1. The van der Waals surface area contributed by atoms with E-state index in [4.69, 9.17) is 16.2 Å². The molecule has 0 radical (unpaired) electrons. The molecule has 0 aromatic carbocycles. The smallest absolute Gasteiger partial charge is 0.306 e. The third-order valence-electron chi connectivity index (χ3n) is 14.5. The van der Waals surface area contributed by atoms with Crippen molar-refractivity contribution in [3.63, 3.8) is 0 Å². The van der Waals surface area contributed by atoms with Crippen LogP contribution in [-0.2, 0) is 14.3 Å². The lowest BCUT2D eigenvalue weighted by Crippen LogP contribution is -2.53. The van der Waals surface area contributed by atoms with Crippen LogP contribution in [0.5, 0.6) is 0 Å². The monoisotopic (exact) mass is 798 g/mol. The quantitative estimate of drug-likeness (QED) is 0.0726. The molecule has 0 aliphatic heterocycles. The Kier molecular flexibility index (Phi) is 19.4. The Morgan fingerprint density at radius 2 is 1.48 bits per heavy atom. The van der Waals surface area contributed by atoms with Crippen LogP contribution in [0.2, 0.25) is 0 Å². The van der Waals surface area contributed by atoms with Gasteiger partial charge in [0.25, 0.3) is 0 Å². The highest BCUT2D eigenvalue weighted by Gasteiger charge is 2.59. The van der Waals surface area contributed by atoms with E-state index in [1.807, 2.05) is 18.7 Å². The molecule has 4 rings (SSSR count). The minimum absolute atomic E-state index is 0. The minimum Gasteiger partial charge on any atom is -0.462 e. The highest BCUT2D eigenvalue weighted by atomic mass is 35.5. The Morgan fingerprint density at radius 3 is 2.15 bits per heavy atom. The molecule has 0 aromatic rings. The number of halogens is 2. The summed E-state index contributed by atoms with van der Waals surface area (Å²) in [6.07, 6.45) is 24.2. The summed E-state index contributed by atoms with van der Waals surface area (Å²) in [5, 5.41) is 0. The van der Waals surface area contributed by atoms with Crippen LogP contribution in [0.4, 0.5) is 0 Å². The molecule has 316 valence electrons. The molecule has 0 saturated heterocycles. The fraction of sp³-hybridized carbons (Fsp3) is 0.913. The molecular weight excluding hydrogens is 713 g/mol. The lowest BCUT2D eigenvalue weighted by atomic mass is 9.45. The number of fused-ring (bicyclic) bond motifs is 5. The molecule has 8 heteroatoms. The second kappa shape index (κ2) is 21.3. The van der Waals surface area contributed by atoms with Gasteiger partial charge in [-0.3, -0.25) is 9.59 Å². The first-order chi connectivity index (χ1) is 24.3. The Labute approximate surface area is 345 Å². The van der Waals surface area contributed by atoms with Crippen molar-refractivity contribution >= 4 is 36.7 Å². The van der Waals surface area contributed by atoms with Gasteiger partial charge in [-0.2, -0.15) is 0 Å². The minimum atomic E-state index is -0.338. The molecule has 0 bridgehead atoms. The zero-order valence-corrected chi connectivity index (χ0v) is 38.0. The number of hydrogen-bond acceptors (Lipinski definition) is 5. The van der Waals surface area contributed by atoms with Crippen molar-refractivity contribution in [3.05, 3.63) is 11.6 Å². The van der Waals surface area contributed by atoms with Crippen LogP contribution in [0.3, 0.4) is 0 Å². The zero-order valence-electron chi connectivity index (χ0n) is 36.3. The van der Waals surface area contributed by atoms with Crippen LogP contribution in [0.15, 0.2) is 11.6 Å². The van der Waals surface area contributed by atoms with Gasteiger partial charge in [0.1, 0.15) is 6.10 Å². The Balaban J connectivity index is 0.00000504. The number of esters is 1. The van der Waals surface area contributed by atoms with Gasteiger partial charge in [0.15, 0.2) is 0 Å². The Bertz CT molecular complexity index is 1190. The standard InChI is InChI=1S/C46H83N3O3.2ClH/c1-33(2)17-15-18-34(3)37-32-35-31-36(22-27-46(35,9)39-23-26-45(8)25-16-19-38(45)42(37)39)52-41(51)21-20-40(50)49(30-28-44(6,7)48)29-14-12-10-11-13-24-43(4,5)47;;/h32-34,36-39,42H,10-31,47-48H2,1-9H3;2*1H/t34-,36?,37?,38?,39?,42?,45?,46?;;/m1../s1. The summed E-state index contributed by atoms with van der Waals surface area (Å²) in [6.45, 7) is 22.0. The molecule has 4 N–H and O–H groups in total. The maximum atomic E-state index is 13.5. The first kappa shape index (κ1) is 49.3. The third-order valence-corrected chi connectivity index (χ3v) is 14.5. The van der Waals surface area contributed by atoms with E-state index in [9.17, 15) is 9.59 Å². The number of carbonyl (C=O) groups is 2. The van der Waals surface area contributed by atoms with E-state index < -0.39 is 0 Å². The van der Waals surface area contributed by atoms with Gasteiger partial charge in [-0.1, -0.05) is 97.6 Å². The molecule has 7 unspecified atom stereocenters. The number of carbonyl (C=O) groups excluding carboxylic acids is 2. The molecular formula is C46H85Cl2N3O3. The predicted molar refractivity (Wildman–Crippen MR) is 232 cm³/mol. The van der Waals surface area contributed by atoms with E-state index in [-0.39, 0.29) is 72.1 Å². The maximum absolute atomic E-state index is 13.5. The van der Waals surface area contributed by atoms with Crippen molar-refractivity contribution < 1.29 is 14.3 Å². The van der Waals surface area contributed by atoms with Crippen LogP contribution in [0, 0.1) is 46.3 Å². The van der Waals surface area contributed by atoms with Gasteiger partial charge in [-0.25, -0.2) is 0 Å². The first-order valence-electron chi connectivity index (χ1n) is 22.1. The molecule has 3 fully saturated rings. The van der Waals surface area contributed by atoms with E-state index >= 15 is 0 Å². The van der Waals surface area contributed by atoms with Gasteiger partial charge >= 0.3 is 5.97 Å². The lowest BCUT2D eigenvalue weighted by Gasteiger charge is -2.60. The van der Waals surface area contributed by atoms with Crippen LogP contribution in [-0.4, -0.2) is 47.0 Å². The van der Waals surface area contributed by atoms with Gasteiger partial charge in [0.05, 0.1) is 6.42 Å². The predicted octanol–water partition coefficient (Wildman–Crippen LogP) is 11.6. The van der Waals surface area contributed by atoms with Crippen LogP contribution in [0.1, 0.15) is 191 Å². The number of ether oxygens (including phenoxy) is 1. The summed E-state index contributed by atoms with van der Waals surface area (Å²) in [5.74, 6) is 4.33. The van der Waals surface area contributed by atoms with Crippen molar-refractivity contribution in [2.75, 3.05) is 13.1 Å². The van der Waals surface area contributed by atoms with Crippen molar-refractivity contribution in [2.45, 2.75) is 208 Å². The van der Waals surface area contributed by atoms with Gasteiger partial charge in [-0.15, -0.1) is 24.8 Å². The van der Waals surface area contributed by atoms with E-state index in [2.05, 4.69) is 54.5 Å². The number of hydrogen-bond donors (Lipinski definition) is 2. The summed E-state index contributed by atoms with van der Waals surface area (Å²) in [6, 6.07) is 0. The summed E-state index contributed by atoms with van der Waals surface area (Å²) >= 11 is 0. The topological polar surface area (TPSA) is 98.7 Å². The van der Waals surface area contributed by atoms with Gasteiger partial charge in [-0.05, 0) is 132 Å². The average Bonchev–Trinajstić information content (AvgIpc) is 3.45. The SMILES string of the molecule is CC(C)CCC[C@@H](C)C1C=C2CC(OC(=O)CCC(=O)N(CCCCCCCC(C)(C)N)CCC(C)(C)N)CCC2(C)C2CCC3(C)CCCC3C12.Cl.Cl. The number of unbranched alkanes of at least 4 members (excludes halogenated alkanes) is 4. The Hall–Kier alpha value is -0.820. The highest BCUT2D eigenvalue weighted by Crippen LogP contribution is 2.67. The van der Waals surface area contributed by atoms with Crippen molar-refractivity contribution in [2.24, 2.45) is 57.8 Å². The van der Waals surface area contributed by atoms with Crippen LogP contribution < -0.4 is 11.5 Å². The highest BCUT2D eigenvalue weighted by molar-refractivity contribution is 5.85. The molecule has 4 aliphatic rings. The number of nitrogens with two attached hydrogens (primary N) is 2. The van der Waals surface area contributed by atoms with Crippen LogP contribution in [0.25, 0.3) is 0 Å². The van der Waals surface area contributed by atoms with E-state index in [1.54, 1.807) is 5.57 Å². The first-order valence-corrected chi connectivity index (χ1v) is 22.1. The van der Waals surface area contributed by atoms with E-state index in [1.165, 1.54) is 57.8 Å². The second-order valence-electron chi connectivity index (χ2n) is 20.8. The van der Waals surface area contributed by atoms with Gasteiger partial charge in [0.2, 0.25) is 5.91 Å². The normalized spacial score (nSPS) is 29.9. The molecule has 0 heterocycles. The fourth-order valence-corrected chi connectivity index (χ4v) is 11.2. The molecule has 3 saturated carbocycles. The van der Waals surface area contributed by atoms with Gasteiger partial charge in [0, 0.05) is 37.0 Å². The Morgan fingerprint density at radius 1 is 0.815 bits per heavy atom.